The largest absolute Gasteiger partial charge is 0.495 e. The highest BCUT2D eigenvalue weighted by Crippen LogP contribution is 2.34. The molecule has 2 aromatic heterocycles. The van der Waals surface area contributed by atoms with E-state index in [1.165, 1.54) is 13.8 Å². The maximum Gasteiger partial charge on any atom is 0.230 e. The topological polar surface area (TPSA) is 85.0 Å². The van der Waals surface area contributed by atoms with Crippen LogP contribution in [0.15, 0.2) is 34.9 Å². The van der Waals surface area contributed by atoms with Gasteiger partial charge in [-0.05, 0) is 32.0 Å². The summed E-state index contributed by atoms with van der Waals surface area (Å²) in [7, 11) is 1.60. The van der Waals surface area contributed by atoms with Crippen LogP contribution < -0.4 is 9.47 Å². The van der Waals surface area contributed by atoms with Gasteiger partial charge in [0.1, 0.15) is 24.2 Å². The molecule has 2 N–H and O–H groups in total. The molecule has 6 heteroatoms. The van der Waals surface area contributed by atoms with E-state index in [2.05, 4.69) is 4.98 Å². The van der Waals surface area contributed by atoms with E-state index in [4.69, 9.17) is 13.9 Å². The number of hydrogen-bond donors (Lipinski definition) is 2. The highest BCUT2D eigenvalue weighted by molar-refractivity contribution is 5.99. The van der Waals surface area contributed by atoms with E-state index in [1.807, 2.05) is 12.1 Å². The van der Waals surface area contributed by atoms with E-state index in [1.54, 1.807) is 25.5 Å². The van der Waals surface area contributed by atoms with Gasteiger partial charge < -0.3 is 24.1 Å². The number of nitrogens with zero attached hydrogens (tertiary/aromatic N) is 1. The molecule has 0 spiro atoms. The van der Waals surface area contributed by atoms with Crippen molar-refractivity contribution in [3.63, 3.8) is 0 Å². The van der Waals surface area contributed by atoms with Crippen LogP contribution in [0.5, 0.6) is 11.5 Å². The molecule has 1 atom stereocenters. The van der Waals surface area contributed by atoms with E-state index in [0.717, 1.165) is 10.8 Å². The van der Waals surface area contributed by atoms with Gasteiger partial charge in [0, 0.05) is 11.5 Å². The van der Waals surface area contributed by atoms with Crippen LogP contribution in [0.25, 0.3) is 22.0 Å². The van der Waals surface area contributed by atoms with Gasteiger partial charge in [0.15, 0.2) is 0 Å². The average Bonchev–Trinajstić information content (AvgIpc) is 2.96. The predicted octanol–water partition coefficient (Wildman–Crippen LogP) is 2.50. The second-order valence-corrected chi connectivity index (χ2v) is 5.94. The lowest BCUT2D eigenvalue weighted by Crippen LogP contribution is -2.40. The van der Waals surface area contributed by atoms with Gasteiger partial charge in [-0.2, -0.15) is 0 Å². The van der Waals surface area contributed by atoms with Gasteiger partial charge >= 0.3 is 0 Å². The SMILES string of the molecule is COc1c2ccc(OC[C@H](O)C(C)(C)O)cc2nc2occc12. The first-order chi connectivity index (χ1) is 10.9. The zero-order chi connectivity index (χ0) is 16.6. The van der Waals surface area contributed by atoms with Crippen molar-refractivity contribution < 1.29 is 24.1 Å². The van der Waals surface area contributed by atoms with E-state index >= 15 is 0 Å². The van der Waals surface area contributed by atoms with Crippen LogP contribution in [0.4, 0.5) is 0 Å². The van der Waals surface area contributed by atoms with Crippen LogP contribution in [0.3, 0.4) is 0 Å². The van der Waals surface area contributed by atoms with Crippen molar-refractivity contribution in [2.45, 2.75) is 25.6 Å². The molecule has 1 aromatic carbocycles. The Kier molecular flexibility index (Phi) is 3.87. The number of ether oxygens (including phenoxy) is 2. The summed E-state index contributed by atoms with van der Waals surface area (Å²) in [6.07, 6.45) is 0.573. The fraction of sp³-hybridized carbons (Fsp3) is 0.353. The quantitative estimate of drug-likeness (QED) is 0.752. The van der Waals surface area contributed by atoms with Crippen molar-refractivity contribution in [3.05, 3.63) is 30.5 Å². The summed E-state index contributed by atoms with van der Waals surface area (Å²) in [6, 6.07) is 7.18. The molecule has 0 amide bonds. The Morgan fingerprint density at radius 3 is 2.74 bits per heavy atom. The second kappa shape index (κ2) is 5.72. The highest BCUT2D eigenvalue weighted by atomic mass is 16.5. The average molecular weight is 317 g/mol. The minimum Gasteiger partial charge on any atom is -0.495 e. The van der Waals surface area contributed by atoms with Gasteiger partial charge in [-0.3, -0.25) is 0 Å². The van der Waals surface area contributed by atoms with Crippen molar-refractivity contribution in [1.82, 2.24) is 4.98 Å². The number of aliphatic hydroxyl groups excluding tert-OH is 1. The first kappa shape index (κ1) is 15.6. The molecule has 0 bridgehead atoms. The fourth-order valence-electron chi connectivity index (χ4n) is 2.30. The third kappa shape index (κ3) is 2.95. The Balaban J connectivity index is 1.94. The Morgan fingerprint density at radius 2 is 2.04 bits per heavy atom. The molecular weight excluding hydrogens is 298 g/mol. The molecule has 3 rings (SSSR count). The molecule has 3 aromatic rings. The van der Waals surface area contributed by atoms with Gasteiger partial charge in [0.05, 0.1) is 29.9 Å². The summed E-state index contributed by atoms with van der Waals surface area (Å²) < 4.78 is 16.4. The Morgan fingerprint density at radius 1 is 1.26 bits per heavy atom. The first-order valence-electron chi connectivity index (χ1n) is 7.28. The van der Waals surface area contributed by atoms with Crippen molar-refractivity contribution in [1.29, 1.82) is 0 Å². The molecule has 0 unspecified atom stereocenters. The van der Waals surface area contributed by atoms with Crippen LogP contribution in [0.2, 0.25) is 0 Å². The molecule has 2 heterocycles. The minimum atomic E-state index is -1.22. The molecule has 0 saturated carbocycles. The van der Waals surface area contributed by atoms with E-state index < -0.39 is 11.7 Å². The fourth-order valence-corrected chi connectivity index (χ4v) is 2.30. The van der Waals surface area contributed by atoms with Crippen molar-refractivity contribution in [2.75, 3.05) is 13.7 Å². The van der Waals surface area contributed by atoms with E-state index in [9.17, 15) is 10.2 Å². The number of aromatic nitrogens is 1. The van der Waals surface area contributed by atoms with Gasteiger partial charge in [0.2, 0.25) is 5.71 Å². The van der Waals surface area contributed by atoms with Gasteiger partial charge in [0.25, 0.3) is 0 Å². The Labute approximate surface area is 133 Å². The number of benzene rings is 1. The standard InChI is InChI=1S/C17H19NO5/c1-17(2,20)14(19)9-23-10-4-5-11-13(8-10)18-16-12(6-7-22-16)15(11)21-3/h4-8,14,19-20H,9H2,1-3H3/t14-/m0/s1. The third-order valence-electron chi connectivity index (χ3n) is 3.75. The van der Waals surface area contributed by atoms with Crippen LogP contribution in [-0.2, 0) is 0 Å². The lowest BCUT2D eigenvalue weighted by Gasteiger charge is -2.24. The lowest BCUT2D eigenvalue weighted by molar-refractivity contribution is -0.0661. The van der Waals surface area contributed by atoms with Crippen LogP contribution in [0.1, 0.15) is 13.8 Å². The Bertz CT molecular complexity index is 834. The number of fused-ring (bicyclic) bond motifs is 2. The first-order valence-corrected chi connectivity index (χ1v) is 7.28. The van der Waals surface area contributed by atoms with E-state index in [-0.39, 0.29) is 6.61 Å². The smallest absolute Gasteiger partial charge is 0.230 e. The molecule has 0 aliphatic heterocycles. The number of aliphatic hydroxyl groups is 2. The second-order valence-electron chi connectivity index (χ2n) is 5.94. The zero-order valence-corrected chi connectivity index (χ0v) is 13.2. The maximum absolute atomic E-state index is 9.83. The summed E-state index contributed by atoms with van der Waals surface area (Å²) in [5.74, 6) is 1.24. The van der Waals surface area contributed by atoms with Crippen molar-refractivity contribution in [3.8, 4) is 11.5 Å². The number of pyridine rings is 1. The van der Waals surface area contributed by atoms with Crippen LogP contribution in [0, 0.1) is 0 Å². The monoisotopic (exact) mass is 317 g/mol. The van der Waals surface area contributed by atoms with Gasteiger partial charge in [-0.15, -0.1) is 0 Å². The Hall–Kier alpha value is -2.31. The van der Waals surface area contributed by atoms with Gasteiger partial charge in [-0.25, -0.2) is 4.98 Å². The summed E-state index contributed by atoms with van der Waals surface area (Å²) in [5.41, 5.74) is -0.0684. The summed E-state index contributed by atoms with van der Waals surface area (Å²) in [6.45, 7) is 3.04. The number of hydrogen-bond acceptors (Lipinski definition) is 6. The third-order valence-corrected chi connectivity index (χ3v) is 3.75. The molecule has 6 nitrogen and oxygen atoms in total. The van der Waals surface area contributed by atoms with Crippen molar-refractivity contribution >= 4 is 22.0 Å². The number of methoxy groups -OCH3 is 1. The normalized spacial score (nSPS) is 13.4. The number of furan rings is 1. The van der Waals surface area contributed by atoms with Crippen LogP contribution in [-0.4, -0.2) is 40.6 Å². The summed E-state index contributed by atoms with van der Waals surface area (Å²) >= 11 is 0. The maximum atomic E-state index is 9.83. The zero-order valence-electron chi connectivity index (χ0n) is 13.2. The lowest BCUT2D eigenvalue weighted by atomic mass is 10.0. The molecule has 0 aliphatic rings. The van der Waals surface area contributed by atoms with Crippen LogP contribution >= 0.6 is 0 Å². The molecule has 122 valence electrons. The highest BCUT2D eigenvalue weighted by Gasteiger charge is 2.25. The minimum absolute atomic E-state index is 0.0187. The predicted molar refractivity (Wildman–Crippen MR) is 85.9 cm³/mol. The molecule has 0 fully saturated rings. The summed E-state index contributed by atoms with van der Waals surface area (Å²) in [5, 5.41) is 21.2. The van der Waals surface area contributed by atoms with Crippen molar-refractivity contribution in [2.24, 2.45) is 0 Å². The summed E-state index contributed by atoms with van der Waals surface area (Å²) in [4.78, 5) is 4.44. The molecule has 23 heavy (non-hydrogen) atoms. The molecule has 0 radical (unpaired) electrons. The molecule has 0 aliphatic carbocycles. The number of rotatable bonds is 5. The van der Waals surface area contributed by atoms with E-state index in [0.29, 0.717) is 22.7 Å². The molecular formula is C17H19NO5. The van der Waals surface area contributed by atoms with Gasteiger partial charge in [-0.1, -0.05) is 0 Å². The molecule has 0 saturated heterocycles.